The Morgan fingerprint density at radius 2 is 2.00 bits per heavy atom. The summed E-state index contributed by atoms with van der Waals surface area (Å²) >= 11 is 5.82. The van der Waals surface area contributed by atoms with E-state index in [4.69, 9.17) is 17.3 Å². The van der Waals surface area contributed by atoms with E-state index in [-0.39, 0.29) is 10.9 Å². The fraction of sp³-hybridized carbons (Fsp3) is 0.455. The molecule has 1 rings (SSSR count). The highest BCUT2D eigenvalue weighted by Crippen LogP contribution is 2.27. The Morgan fingerprint density at radius 1 is 1.40 bits per heavy atom. The van der Waals surface area contributed by atoms with Crippen molar-refractivity contribution in [2.75, 3.05) is 0 Å². The third-order valence-electron chi connectivity index (χ3n) is 2.42. The maximum absolute atomic E-state index is 12.8. The van der Waals surface area contributed by atoms with Gasteiger partial charge in [-0.3, -0.25) is 0 Å². The van der Waals surface area contributed by atoms with Crippen LogP contribution < -0.4 is 5.73 Å². The summed E-state index contributed by atoms with van der Waals surface area (Å²) in [4.78, 5) is 0. The number of halogens is 2. The average molecular weight is 232 g/mol. The predicted octanol–water partition coefficient (Wildman–Crippen LogP) is 2.50. The van der Waals surface area contributed by atoms with Gasteiger partial charge in [-0.2, -0.15) is 0 Å². The highest BCUT2D eigenvalue weighted by atomic mass is 35.5. The summed E-state index contributed by atoms with van der Waals surface area (Å²) in [5.41, 5.74) is 6.27. The van der Waals surface area contributed by atoms with Crippen LogP contribution in [0.25, 0.3) is 0 Å². The lowest BCUT2D eigenvalue weighted by molar-refractivity contribution is 0.126. The van der Waals surface area contributed by atoms with Gasteiger partial charge in [-0.25, -0.2) is 4.39 Å². The van der Waals surface area contributed by atoms with E-state index in [2.05, 4.69) is 0 Å². The zero-order valence-electron chi connectivity index (χ0n) is 8.74. The zero-order chi connectivity index (χ0) is 11.6. The van der Waals surface area contributed by atoms with E-state index in [1.54, 1.807) is 0 Å². The van der Waals surface area contributed by atoms with Crippen molar-refractivity contribution >= 4 is 11.6 Å². The normalized spacial score (nSPS) is 15.4. The van der Waals surface area contributed by atoms with Crippen LogP contribution in [0.2, 0.25) is 5.02 Å². The summed E-state index contributed by atoms with van der Waals surface area (Å²) in [6.45, 7) is 3.82. The lowest BCUT2D eigenvalue weighted by Gasteiger charge is -2.23. The molecule has 0 radical (unpaired) electrons. The molecule has 0 fully saturated rings. The Kier molecular flexibility index (Phi) is 4.08. The molecule has 0 heterocycles. The first-order valence-corrected chi connectivity index (χ1v) is 5.20. The maximum Gasteiger partial charge on any atom is 0.124 e. The van der Waals surface area contributed by atoms with Crippen LogP contribution in [-0.4, -0.2) is 11.1 Å². The van der Waals surface area contributed by atoms with Gasteiger partial charge in [-0.15, -0.1) is 0 Å². The molecule has 0 bridgehead atoms. The summed E-state index contributed by atoms with van der Waals surface area (Å²) in [5, 5.41) is 10.1. The minimum absolute atomic E-state index is 0.126. The SMILES string of the molecule is CC(C)C(N)C(O)c1ccc(F)cc1Cl. The van der Waals surface area contributed by atoms with Crippen LogP contribution in [-0.2, 0) is 0 Å². The van der Waals surface area contributed by atoms with Gasteiger partial charge in [0.2, 0.25) is 0 Å². The molecule has 1 aromatic rings. The first kappa shape index (κ1) is 12.4. The molecule has 1 aromatic carbocycles. The van der Waals surface area contributed by atoms with Gasteiger partial charge in [0.05, 0.1) is 6.10 Å². The molecular formula is C11H15ClFNO. The average Bonchev–Trinajstić information content (AvgIpc) is 2.15. The van der Waals surface area contributed by atoms with Crippen LogP contribution >= 0.6 is 11.6 Å². The van der Waals surface area contributed by atoms with Gasteiger partial charge in [0.25, 0.3) is 0 Å². The van der Waals surface area contributed by atoms with Gasteiger partial charge in [0.15, 0.2) is 0 Å². The lowest BCUT2D eigenvalue weighted by atomic mass is 9.94. The molecule has 2 nitrogen and oxygen atoms in total. The van der Waals surface area contributed by atoms with Crippen molar-refractivity contribution in [3.05, 3.63) is 34.6 Å². The van der Waals surface area contributed by atoms with E-state index in [1.807, 2.05) is 13.8 Å². The van der Waals surface area contributed by atoms with Crippen molar-refractivity contribution in [2.24, 2.45) is 11.7 Å². The van der Waals surface area contributed by atoms with Crippen LogP contribution in [0, 0.1) is 11.7 Å². The van der Waals surface area contributed by atoms with Gasteiger partial charge in [0.1, 0.15) is 5.82 Å². The van der Waals surface area contributed by atoms with Crippen LogP contribution in [0.1, 0.15) is 25.5 Å². The zero-order valence-corrected chi connectivity index (χ0v) is 9.50. The summed E-state index contributed by atoms with van der Waals surface area (Å²) in [6, 6.07) is 3.49. The Balaban J connectivity index is 2.96. The summed E-state index contributed by atoms with van der Waals surface area (Å²) < 4.78 is 12.8. The smallest absolute Gasteiger partial charge is 0.124 e. The molecule has 0 spiro atoms. The number of benzene rings is 1. The largest absolute Gasteiger partial charge is 0.387 e. The number of hydrogen-bond donors (Lipinski definition) is 2. The molecule has 3 N–H and O–H groups in total. The first-order chi connectivity index (χ1) is 6.93. The number of nitrogens with two attached hydrogens (primary N) is 1. The highest BCUT2D eigenvalue weighted by Gasteiger charge is 2.22. The van der Waals surface area contributed by atoms with Crippen molar-refractivity contribution < 1.29 is 9.50 Å². The molecule has 2 atom stereocenters. The van der Waals surface area contributed by atoms with E-state index in [0.717, 1.165) is 0 Å². The number of rotatable bonds is 3. The summed E-state index contributed by atoms with van der Waals surface area (Å²) in [5.74, 6) is -0.296. The van der Waals surface area contributed by atoms with E-state index >= 15 is 0 Å². The molecule has 2 unspecified atom stereocenters. The molecule has 0 aliphatic carbocycles. The standard InChI is InChI=1S/C11H15ClFNO/c1-6(2)10(14)11(15)8-4-3-7(13)5-9(8)12/h3-6,10-11,15H,14H2,1-2H3. The Hall–Kier alpha value is -0.640. The minimum atomic E-state index is -0.863. The molecule has 0 saturated carbocycles. The maximum atomic E-state index is 12.8. The van der Waals surface area contributed by atoms with Crippen LogP contribution in [0.5, 0.6) is 0 Å². The molecule has 15 heavy (non-hydrogen) atoms. The topological polar surface area (TPSA) is 46.2 Å². The molecular weight excluding hydrogens is 217 g/mol. The predicted molar refractivity (Wildman–Crippen MR) is 59.2 cm³/mol. The Labute approximate surface area is 93.9 Å². The van der Waals surface area contributed by atoms with Gasteiger partial charge >= 0.3 is 0 Å². The van der Waals surface area contributed by atoms with E-state index in [9.17, 15) is 9.50 Å². The quantitative estimate of drug-likeness (QED) is 0.840. The highest BCUT2D eigenvalue weighted by molar-refractivity contribution is 6.31. The second kappa shape index (κ2) is 4.92. The van der Waals surface area contributed by atoms with Crippen LogP contribution in [0.4, 0.5) is 4.39 Å². The van der Waals surface area contributed by atoms with Gasteiger partial charge in [-0.05, 0) is 18.1 Å². The molecule has 0 aliphatic rings. The monoisotopic (exact) mass is 231 g/mol. The molecule has 0 aromatic heterocycles. The molecule has 0 saturated heterocycles. The third kappa shape index (κ3) is 2.91. The lowest BCUT2D eigenvalue weighted by Crippen LogP contribution is -2.33. The molecule has 84 valence electrons. The van der Waals surface area contributed by atoms with E-state index in [1.165, 1.54) is 18.2 Å². The van der Waals surface area contributed by atoms with Crippen molar-refractivity contribution in [3.63, 3.8) is 0 Å². The molecule has 4 heteroatoms. The second-order valence-electron chi connectivity index (χ2n) is 3.93. The fourth-order valence-corrected chi connectivity index (χ4v) is 1.59. The minimum Gasteiger partial charge on any atom is -0.387 e. The molecule has 0 aliphatic heterocycles. The van der Waals surface area contributed by atoms with E-state index < -0.39 is 18.0 Å². The van der Waals surface area contributed by atoms with Gasteiger partial charge in [0, 0.05) is 16.6 Å². The summed E-state index contributed by atoms with van der Waals surface area (Å²) in [7, 11) is 0. The number of aliphatic hydroxyl groups excluding tert-OH is 1. The van der Waals surface area contributed by atoms with Gasteiger partial charge < -0.3 is 10.8 Å². The van der Waals surface area contributed by atoms with E-state index in [0.29, 0.717) is 5.56 Å². The van der Waals surface area contributed by atoms with Crippen molar-refractivity contribution in [1.82, 2.24) is 0 Å². The summed E-state index contributed by atoms with van der Waals surface area (Å²) in [6.07, 6.45) is -0.863. The third-order valence-corrected chi connectivity index (χ3v) is 2.74. The van der Waals surface area contributed by atoms with Gasteiger partial charge in [-0.1, -0.05) is 31.5 Å². The van der Waals surface area contributed by atoms with Crippen LogP contribution in [0.3, 0.4) is 0 Å². The molecule has 0 amide bonds. The fourth-order valence-electron chi connectivity index (χ4n) is 1.31. The second-order valence-corrected chi connectivity index (χ2v) is 4.34. The number of aliphatic hydroxyl groups is 1. The number of hydrogen-bond acceptors (Lipinski definition) is 2. The Bertz CT molecular complexity index is 343. The Morgan fingerprint density at radius 3 is 2.47 bits per heavy atom. The van der Waals surface area contributed by atoms with Crippen molar-refractivity contribution in [3.8, 4) is 0 Å². The van der Waals surface area contributed by atoms with Crippen molar-refractivity contribution in [2.45, 2.75) is 26.0 Å². The first-order valence-electron chi connectivity index (χ1n) is 4.82. The van der Waals surface area contributed by atoms with Crippen LogP contribution in [0.15, 0.2) is 18.2 Å². The van der Waals surface area contributed by atoms with Crippen molar-refractivity contribution in [1.29, 1.82) is 0 Å².